The summed E-state index contributed by atoms with van der Waals surface area (Å²) in [7, 11) is 0. The summed E-state index contributed by atoms with van der Waals surface area (Å²) in [6.07, 6.45) is 0.296. The molecule has 2 aromatic rings. The number of rotatable bonds is 8. The van der Waals surface area contributed by atoms with Crippen LogP contribution in [0, 0.1) is 18.3 Å². The summed E-state index contributed by atoms with van der Waals surface area (Å²) in [5.41, 5.74) is 1.70. The first-order chi connectivity index (χ1) is 12.0. The number of hydrogen-bond donors (Lipinski definition) is 0. The zero-order valence-electron chi connectivity index (χ0n) is 14.5. The third kappa shape index (κ3) is 5.57. The molecular formula is C19H22ClN3OS. The number of hydrogen-bond acceptors (Lipinski definition) is 4. The molecule has 1 heterocycles. The minimum atomic E-state index is -0.00428. The van der Waals surface area contributed by atoms with Crippen molar-refractivity contribution in [2.24, 2.45) is 0 Å². The highest BCUT2D eigenvalue weighted by atomic mass is 35.5. The van der Waals surface area contributed by atoms with Crippen molar-refractivity contribution in [3.05, 3.63) is 51.2 Å². The van der Waals surface area contributed by atoms with Crippen LogP contribution in [0.4, 0.5) is 5.69 Å². The monoisotopic (exact) mass is 375 g/mol. The molecule has 6 heteroatoms. The summed E-state index contributed by atoms with van der Waals surface area (Å²) in [5, 5.41) is 11.6. The molecule has 4 nitrogen and oxygen atoms in total. The SMILES string of the molecule is CCN(CC(=O)N(CCC#N)c1ccc(Cl)c(C)c1)Cc1cccs1. The van der Waals surface area contributed by atoms with Gasteiger partial charge in [-0.1, -0.05) is 24.6 Å². The highest BCUT2D eigenvalue weighted by Crippen LogP contribution is 2.23. The smallest absolute Gasteiger partial charge is 0.241 e. The van der Waals surface area contributed by atoms with Gasteiger partial charge in [-0.05, 0) is 48.7 Å². The lowest BCUT2D eigenvalue weighted by Crippen LogP contribution is -2.40. The Morgan fingerprint density at radius 1 is 1.36 bits per heavy atom. The molecule has 25 heavy (non-hydrogen) atoms. The van der Waals surface area contributed by atoms with Crippen LogP contribution in [-0.2, 0) is 11.3 Å². The topological polar surface area (TPSA) is 47.3 Å². The number of amides is 1. The first-order valence-electron chi connectivity index (χ1n) is 8.23. The molecule has 2 rings (SSSR count). The van der Waals surface area contributed by atoms with Gasteiger partial charge >= 0.3 is 0 Å². The first kappa shape index (κ1) is 19.5. The van der Waals surface area contributed by atoms with Gasteiger partial charge in [0, 0.05) is 28.7 Å². The Hall–Kier alpha value is -1.87. The molecule has 0 aliphatic rings. The van der Waals surface area contributed by atoms with Crippen LogP contribution in [-0.4, -0.2) is 30.4 Å². The Kier molecular flexibility index (Phi) is 7.45. The Bertz CT molecular complexity index is 740. The lowest BCUT2D eigenvalue weighted by Gasteiger charge is -2.26. The van der Waals surface area contributed by atoms with E-state index in [4.69, 9.17) is 16.9 Å². The highest BCUT2D eigenvalue weighted by molar-refractivity contribution is 7.09. The van der Waals surface area contributed by atoms with E-state index in [2.05, 4.69) is 17.0 Å². The number of carbonyl (C=O) groups excluding carboxylic acids is 1. The van der Waals surface area contributed by atoms with Crippen molar-refractivity contribution in [3.63, 3.8) is 0 Å². The van der Waals surface area contributed by atoms with Gasteiger partial charge in [0.1, 0.15) is 0 Å². The van der Waals surface area contributed by atoms with Gasteiger partial charge in [0.25, 0.3) is 0 Å². The number of nitrogens with zero attached hydrogens (tertiary/aromatic N) is 3. The van der Waals surface area contributed by atoms with Crippen molar-refractivity contribution < 1.29 is 4.79 Å². The number of anilines is 1. The Morgan fingerprint density at radius 2 is 2.16 bits per heavy atom. The van der Waals surface area contributed by atoms with E-state index in [1.807, 2.05) is 37.4 Å². The lowest BCUT2D eigenvalue weighted by molar-refractivity contribution is -0.119. The first-order valence-corrected chi connectivity index (χ1v) is 9.49. The summed E-state index contributed by atoms with van der Waals surface area (Å²) in [5.74, 6) is -0.00428. The molecule has 0 N–H and O–H groups in total. The van der Waals surface area contributed by atoms with Crippen molar-refractivity contribution in [2.45, 2.75) is 26.8 Å². The number of aryl methyl sites for hydroxylation is 1. The molecular weight excluding hydrogens is 354 g/mol. The Morgan fingerprint density at radius 3 is 2.76 bits per heavy atom. The number of likely N-dealkylation sites (N-methyl/N-ethyl adjacent to an activating group) is 1. The van der Waals surface area contributed by atoms with Crippen molar-refractivity contribution in [1.82, 2.24) is 4.90 Å². The number of nitriles is 1. The second-order valence-corrected chi connectivity index (χ2v) is 7.21. The molecule has 132 valence electrons. The fourth-order valence-corrected chi connectivity index (χ4v) is 3.40. The largest absolute Gasteiger partial charge is 0.310 e. The van der Waals surface area contributed by atoms with Crippen LogP contribution in [0.5, 0.6) is 0 Å². The predicted molar refractivity (Wildman–Crippen MR) is 104 cm³/mol. The molecule has 1 aromatic carbocycles. The van der Waals surface area contributed by atoms with Gasteiger partial charge < -0.3 is 4.90 Å². The minimum Gasteiger partial charge on any atom is -0.310 e. The molecule has 0 saturated heterocycles. The zero-order chi connectivity index (χ0) is 18.2. The van der Waals surface area contributed by atoms with Crippen molar-refractivity contribution in [1.29, 1.82) is 5.26 Å². The van der Waals surface area contributed by atoms with E-state index in [0.29, 0.717) is 24.5 Å². The highest BCUT2D eigenvalue weighted by Gasteiger charge is 2.19. The number of benzene rings is 1. The third-order valence-corrected chi connectivity index (χ3v) is 5.25. The van der Waals surface area contributed by atoms with Crippen LogP contribution in [0.25, 0.3) is 0 Å². The van der Waals surface area contributed by atoms with Crippen molar-refractivity contribution >= 4 is 34.5 Å². The van der Waals surface area contributed by atoms with Crippen LogP contribution in [0.3, 0.4) is 0 Å². The summed E-state index contributed by atoms with van der Waals surface area (Å²) >= 11 is 7.78. The van der Waals surface area contributed by atoms with Crippen LogP contribution in [0.1, 0.15) is 23.8 Å². The predicted octanol–water partition coefficient (Wildman–Crippen LogP) is 4.48. The number of halogens is 1. The second-order valence-electron chi connectivity index (χ2n) is 5.77. The average Bonchev–Trinajstić information content (AvgIpc) is 3.10. The maximum Gasteiger partial charge on any atom is 0.241 e. The molecule has 0 bridgehead atoms. The Balaban J connectivity index is 2.13. The van der Waals surface area contributed by atoms with Crippen molar-refractivity contribution in [2.75, 3.05) is 24.5 Å². The van der Waals surface area contributed by atoms with Crippen LogP contribution < -0.4 is 4.90 Å². The summed E-state index contributed by atoms with van der Waals surface area (Å²) in [4.78, 5) is 17.9. The normalized spacial score (nSPS) is 10.7. The van der Waals surface area contributed by atoms with E-state index in [0.717, 1.165) is 24.3 Å². The molecule has 0 aliphatic heterocycles. The zero-order valence-corrected chi connectivity index (χ0v) is 16.1. The molecule has 0 aliphatic carbocycles. The van der Waals surface area contributed by atoms with Gasteiger partial charge in [-0.3, -0.25) is 9.69 Å². The van der Waals surface area contributed by atoms with Crippen molar-refractivity contribution in [3.8, 4) is 6.07 Å². The maximum absolute atomic E-state index is 12.9. The average molecular weight is 376 g/mol. The molecule has 0 spiro atoms. The van der Waals surface area contributed by atoms with Gasteiger partial charge in [0.05, 0.1) is 19.0 Å². The lowest BCUT2D eigenvalue weighted by atomic mass is 10.2. The van der Waals surface area contributed by atoms with Gasteiger partial charge in [-0.25, -0.2) is 0 Å². The van der Waals surface area contributed by atoms with E-state index in [1.165, 1.54) is 4.88 Å². The fourth-order valence-electron chi connectivity index (χ4n) is 2.54. The van der Waals surface area contributed by atoms with Crippen LogP contribution >= 0.6 is 22.9 Å². The summed E-state index contributed by atoms with van der Waals surface area (Å²) < 4.78 is 0. The molecule has 0 fully saturated rings. The summed E-state index contributed by atoms with van der Waals surface area (Å²) in [6.45, 7) is 6.20. The van der Waals surface area contributed by atoms with Gasteiger partial charge in [-0.2, -0.15) is 5.26 Å². The molecule has 0 atom stereocenters. The minimum absolute atomic E-state index is 0.00428. The number of carbonyl (C=O) groups is 1. The molecule has 1 amide bonds. The number of thiophene rings is 1. The van der Waals surface area contributed by atoms with E-state index >= 15 is 0 Å². The molecule has 0 radical (unpaired) electrons. The van der Waals surface area contributed by atoms with E-state index < -0.39 is 0 Å². The second kappa shape index (κ2) is 9.57. The summed E-state index contributed by atoms with van der Waals surface area (Å²) in [6, 6.07) is 11.7. The van der Waals surface area contributed by atoms with Gasteiger partial charge in [0.15, 0.2) is 0 Å². The van der Waals surface area contributed by atoms with Crippen LogP contribution in [0.2, 0.25) is 5.02 Å². The van der Waals surface area contributed by atoms with E-state index in [9.17, 15) is 4.79 Å². The molecule has 0 unspecified atom stereocenters. The fraction of sp³-hybridized carbons (Fsp3) is 0.368. The van der Waals surface area contributed by atoms with Gasteiger partial charge in [-0.15, -0.1) is 11.3 Å². The maximum atomic E-state index is 12.9. The quantitative estimate of drug-likeness (QED) is 0.683. The standard InChI is InChI=1S/C19H22ClN3OS/c1-3-22(13-17-6-4-11-25-17)14-19(24)23(10-5-9-21)16-7-8-18(20)15(2)12-16/h4,6-8,11-12H,3,5,10,13-14H2,1-2H3. The van der Waals surface area contributed by atoms with Crippen LogP contribution in [0.15, 0.2) is 35.7 Å². The van der Waals surface area contributed by atoms with Gasteiger partial charge in [0.2, 0.25) is 5.91 Å². The third-order valence-electron chi connectivity index (χ3n) is 3.97. The molecule has 1 aromatic heterocycles. The molecule has 0 saturated carbocycles. The van der Waals surface area contributed by atoms with E-state index in [-0.39, 0.29) is 5.91 Å². The van der Waals surface area contributed by atoms with E-state index in [1.54, 1.807) is 22.3 Å². The Labute approximate surface area is 158 Å².